The zero-order valence-corrected chi connectivity index (χ0v) is 14.9. The Morgan fingerprint density at radius 3 is 2.76 bits per heavy atom. The summed E-state index contributed by atoms with van der Waals surface area (Å²) in [6, 6.07) is 8.55. The first-order valence-electron chi connectivity index (χ1n) is 8.18. The summed E-state index contributed by atoms with van der Waals surface area (Å²) in [6.07, 6.45) is 3.43. The molecule has 0 spiro atoms. The van der Waals surface area contributed by atoms with Crippen LogP contribution in [-0.4, -0.2) is 53.7 Å². The summed E-state index contributed by atoms with van der Waals surface area (Å²) in [7, 11) is -3.18. The number of hydrogen-bond donors (Lipinski definition) is 0. The lowest BCUT2D eigenvalue weighted by Crippen LogP contribution is -2.47. The van der Waals surface area contributed by atoms with Gasteiger partial charge in [-0.15, -0.1) is 0 Å². The van der Waals surface area contributed by atoms with Crippen LogP contribution in [0.1, 0.15) is 18.5 Å². The van der Waals surface area contributed by atoms with Crippen molar-refractivity contribution in [2.24, 2.45) is 0 Å². The number of ether oxygens (including phenoxy) is 1. The van der Waals surface area contributed by atoms with Gasteiger partial charge in [-0.05, 0) is 19.1 Å². The summed E-state index contributed by atoms with van der Waals surface area (Å²) in [5.74, 6) is 0.269. The van der Waals surface area contributed by atoms with Crippen molar-refractivity contribution < 1.29 is 17.9 Å². The topological polar surface area (TPSA) is 81.5 Å². The maximum Gasteiger partial charge on any atom is 0.261 e. The third-order valence-corrected chi connectivity index (χ3v) is 5.85. The molecule has 1 fully saturated rings. The minimum atomic E-state index is -3.18. The van der Waals surface area contributed by atoms with Gasteiger partial charge < -0.3 is 9.64 Å². The van der Waals surface area contributed by atoms with Crippen molar-refractivity contribution >= 4 is 15.7 Å². The number of benzene rings is 1. The molecule has 0 saturated carbocycles. The molecule has 8 heteroatoms. The number of sulfone groups is 1. The molecule has 1 aromatic carbocycles. The van der Waals surface area contributed by atoms with Gasteiger partial charge in [-0.25, -0.2) is 8.42 Å². The van der Waals surface area contributed by atoms with Crippen molar-refractivity contribution in [2.75, 3.05) is 24.7 Å². The van der Waals surface area contributed by atoms with Crippen molar-refractivity contribution in [2.45, 2.75) is 19.5 Å². The summed E-state index contributed by atoms with van der Waals surface area (Å²) < 4.78 is 31.4. The van der Waals surface area contributed by atoms with E-state index in [1.54, 1.807) is 34.1 Å². The molecule has 0 aliphatic carbocycles. The van der Waals surface area contributed by atoms with Crippen molar-refractivity contribution in [1.82, 2.24) is 14.7 Å². The largest absolute Gasteiger partial charge is 0.484 e. The summed E-state index contributed by atoms with van der Waals surface area (Å²) in [4.78, 5) is 14.2. The van der Waals surface area contributed by atoms with Crippen LogP contribution >= 0.6 is 0 Å². The Morgan fingerprint density at radius 2 is 2.08 bits per heavy atom. The maximum atomic E-state index is 12.6. The number of nitrogens with zero attached hydrogens (tertiary/aromatic N) is 3. The van der Waals surface area contributed by atoms with E-state index >= 15 is 0 Å². The van der Waals surface area contributed by atoms with E-state index in [1.807, 2.05) is 25.1 Å². The second-order valence-corrected chi connectivity index (χ2v) is 8.18. The van der Waals surface area contributed by atoms with Gasteiger partial charge in [-0.2, -0.15) is 5.10 Å². The van der Waals surface area contributed by atoms with Crippen LogP contribution in [0.5, 0.6) is 5.75 Å². The van der Waals surface area contributed by atoms with Crippen molar-refractivity contribution in [1.29, 1.82) is 0 Å². The average Bonchev–Trinajstić information content (AvgIpc) is 3.09. The number of para-hydroxylation sites is 1. The van der Waals surface area contributed by atoms with Gasteiger partial charge in [-0.1, -0.05) is 18.2 Å². The molecule has 2 aromatic rings. The predicted octanol–water partition coefficient (Wildman–Crippen LogP) is 1.28. The normalized spacial score (nSPS) is 19.6. The molecule has 1 aliphatic rings. The van der Waals surface area contributed by atoms with Gasteiger partial charge in [0.25, 0.3) is 5.91 Å². The second-order valence-electron chi connectivity index (χ2n) is 5.95. The molecule has 1 atom stereocenters. The molecule has 1 amide bonds. The molecule has 0 unspecified atom stereocenters. The van der Waals surface area contributed by atoms with E-state index in [2.05, 4.69) is 5.10 Å². The smallest absolute Gasteiger partial charge is 0.261 e. The summed E-state index contributed by atoms with van der Waals surface area (Å²) in [5, 5.41) is 4.20. The van der Waals surface area contributed by atoms with E-state index in [1.165, 1.54) is 0 Å². The van der Waals surface area contributed by atoms with Gasteiger partial charge >= 0.3 is 0 Å². The fourth-order valence-corrected chi connectivity index (χ4v) is 4.35. The van der Waals surface area contributed by atoms with Crippen LogP contribution in [0.25, 0.3) is 0 Å². The summed E-state index contributed by atoms with van der Waals surface area (Å²) >= 11 is 0. The maximum absolute atomic E-state index is 12.6. The quantitative estimate of drug-likeness (QED) is 0.799. The predicted molar refractivity (Wildman–Crippen MR) is 92.9 cm³/mol. The van der Waals surface area contributed by atoms with Crippen LogP contribution in [-0.2, 0) is 21.2 Å². The molecule has 7 nitrogen and oxygen atoms in total. The van der Waals surface area contributed by atoms with E-state index in [-0.39, 0.29) is 30.6 Å². The van der Waals surface area contributed by atoms with Crippen molar-refractivity contribution in [3.63, 3.8) is 0 Å². The molecule has 1 saturated heterocycles. The van der Waals surface area contributed by atoms with Crippen LogP contribution in [0.2, 0.25) is 0 Å². The molecule has 1 aliphatic heterocycles. The van der Waals surface area contributed by atoms with Gasteiger partial charge in [0, 0.05) is 24.8 Å². The van der Waals surface area contributed by atoms with Crippen molar-refractivity contribution in [3.05, 3.63) is 48.3 Å². The Hall–Kier alpha value is -2.35. The average molecular weight is 363 g/mol. The fraction of sp³-hybridized carbons (Fsp3) is 0.412. The lowest BCUT2D eigenvalue weighted by Gasteiger charge is -2.34. The van der Waals surface area contributed by atoms with Crippen LogP contribution in [0.15, 0.2) is 42.7 Å². The van der Waals surface area contributed by atoms with Crippen LogP contribution < -0.4 is 4.74 Å². The molecular formula is C17H21N3O4S. The summed E-state index contributed by atoms with van der Waals surface area (Å²) in [6.45, 7) is 2.68. The first-order chi connectivity index (χ1) is 12.0. The van der Waals surface area contributed by atoms with E-state index < -0.39 is 15.9 Å². The van der Waals surface area contributed by atoms with Gasteiger partial charge in [0.1, 0.15) is 5.75 Å². The third kappa shape index (κ3) is 4.19. The Kier molecular flexibility index (Phi) is 5.08. The van der Waals surface area contributed by atoms with Crippen LogP contribution in [0, 0.1) is 0 Å². The Labute approximate surface area is 147 Å². The van der Waals surface area contributed by atoms with Gasteiger partial charge in [-0.3, -0.25) is 9.48 Å². The van der Waals surface area contributed by atoms with E-state index in [9.17, 15) is 13.2 Å². The third-order valence-electron chi connectivity index (χ3n) is 4.22. The Balaban J connectivity index is 1.75. The minimum Gasteiger partial charge on any atom is -0.484 e. The molecule has 3 rings (SSSR count). The molecule has 25 heavy (non-hydrogen) atoms. The first-order valence-corrected chi connectivity index (χ1v) is 10.0. The van der Waals surface area contributed by atoms with E-state index in [0.717, 1.165) is 5.56 Å². The summed E-state index contributed by atoms with van der Waals surface area (Å²) in [5.41, 5.74) is 0.734. The number of hydrogen-bond acceptors (Lipinski definition) is 5. The molecular weight excluding hydrogens is 342 g/mol. The number of carbonyl (C=O) groups excluding carboxylic acids is 1. The highest BCUT2D eigenvalue weighted by Gasteiger charge is 2.35. The zero-order chi connectivity index (χ0) is 17.9. The molecule has 2 heterocycles. The number of aryl methyl sites for hydroxylation is 1. The molecule has 0 radical (unpaired) electrons. The molecule has 0 bridgehead atoms. The molecule has 0 N–H and O–H groups in total. The van der Waals surface area contributed by atoms with E-state index in [0.29, 0.717) is 12.3 Å². The van der Waals surface area contributed by atoms with Gasteiger partial charge in [0.2, 0.25) is 0 Å². The molecule has 1 aromatic heterocycles. The lowest BCUT2D eigenvalue weighted by atomic mass is 10.1. The first kappa shape index (κ1) is 17.5. The van der Waals surface area contributed by atoms with Crippen molar-refractivity contribution in [3.8, 4) is 5.75 Å². The van der Waals surface area contributed by atoms with Gasteiger partial charge in [0.05, 0.1) is 23.7 Å². The Morgan fingerprint density at radius 1 is 1.32 bits per heavy atom. The SMILES string of the molecule is CCn1cc([C@@H]2CS(=O)(=O)CCN2C(=O)COc2ccccc2)cn1. The number of carbonyl (C=O) groups is 1. The van der Waals surface area contributed by atoms with Crippen LogP contribution in [0.3, 0.4) is 0 Å². The monoisotopic (exact) mass is 363 g/mol. The van der Waals surface area contributed by atoms with E-state index in [4.69, 9.17) is 4.74 Å². The minimum absolute atomic E-state index is 0.0253. The lowest BCUT2D eigenvalue weighted by molar-refractivity contribution is -0.135. The standard InChI is InChI=1S/C17H21N3O4S/c1-2-19-11-14(10-18-19)16-13-25(22,23)9-8-20(16)17(21)12-24-15-6-4-3-5-7-15/h3-7,10-11,16H,2,8-9,12-13H2,1H3/t16-/m0/s1. The zero-order valence-electron chi connectivity index (χ0n) is 14.0. The fourth-order valence-electron chi connectivity index (χ4n) is 2.85. The highest BCUT2D eigenvalue weighted by Crippen LogP contribution is 2.27. The van der Waals surface area contributed by atoms with Gasteiger partial charge in [0.15, 0.2) is 16.4 Å². The molecule has 134 valence electrons. The highest BCUT2D eigenvalue weighted by molar-refractivity contribution is 7.91. The number of amides is 1. The number of aromatic nitrogens is 2. The Bertz CT molecular complexity index is 833. The number of rotatable bonds is 5. The highest BCUT2D eigenvalue weighted by atomic mass is 32.2. The van der Waals surface area contributed by atoms with Crippen LogP contribution in [0.4, 0.5) is 0 Å². The second kappa shape index (κ2) is 7.26.